The third-order valence-electron chi connectivity index (χ3n) is 4.50. The molecule has 0 spiro atoms. The zero-order valence-corrected chi connectivity index (χ0v) is 13.9. The second kappa shape index (κ2) is 7.44. The Balaban J connectivity index is 1.59. The lowest BCUT2D eigenvalue weighted by molar-refractivity contribution is -0.130. The lowest BCUT2D eigenvalue weighted by atomic mass is 10.0. The Hall–Kier alpha value is -2.41. The van der Waals surface area contributed by atoms with Crippen LogP contribution in [-0.2, 0) is 16.0 Å². The maximum atomic E-state index is 12.5. The van der Waals surface area contributed by atoms with Gasteiger partial charge in [0.1, 0.15) is 5.75 Å². The summed E-state index contributed by atoms with van der Waals surface area (Å²) in [5, 5.41) is 10.6. The van der Waals surface area contributed by atoms with E-state index in [9.17, 15) is 4.79 Å². The number of amides is 1. The number of rotatable bonds is 6. The zero-order chi connectivity index (χ0) is 16.9. The van der Waals surface area contributed by atoms with Crippen molar-refractivity contribution in [2.45, 2.75) is 24.9 Å². The fourth-order valence-electron chi connectivity index (χ4n) is 3.13. The molecule has 1 amide bonds. The number of benzene rings is 1. The van der Waals surface area contributed by atoms with Crippen LogP contribution in [0.3, 0.4) is 0 Å². The van der Waals surface area contributed by atoms with Crippen molar-refractivity contribution in [2.24, 2.45) is 0 Å². The largest absolute Gasteiger partial charge is 0.497 e. The lowest BCUT2D eigenvalue weighted by Crippen LogP contribution is -2.30. The van der Waals surface area contributed by atoms with Gasteiger partial charge < -0.3 is 14.4 Å². The molecule has 1 aliphatic heterocycles. The van der Waals surface area contributed by atoms with Crippen LogP contribution in [-0.4, -0.2) is 59.6 Å². The Morgan fingerprint density at radius 2 is 2.25 bits per heavy atom. The van der Waals surface area contributed by atoms with Gasteiger partial charge in [-0.25, -0.2) is 0 Å². The van der Waals surface area contributed by atoms with Gasteiger partial charge in [0.05, 0.1) is 31.0 Å². The van der Waals surface area contributed by atoms with E-state index in [1.807, 2.05) is 29.2 Å². The first-order chi connectivity index (χ1) is 11.7. The first-order valence-electron chi connectivity index (χ1n) is 8.00. The molecule has 1 aromatic carbocycles. The molecular formula is C17H22N4O3. The average molecular weight is 330 g/mol. The summed E-state index contributed by atoms with van der Waals surface area (Å²) in [6.45, 7) is 1.20. The topological polar surface area (TPSA) is 80.3 Å². The fourth-order valence-corrected chi connectivity index (χ4v) is 3.13. The first kappa shape index (κ1) is 16.4. The van der Waals surface area contributed by atoms with Crippen LogP contribution in [0.15, 0.2) is 30.5 Å². The van der Waals surface area contributed by atoms with Crippen molar-refractivity contribution in [1.82, 2.24) is 20.3 Å². The second-order valence-corrected chi connectivity index (χ2v) is 5.93. The summed E-state index contributed by atoms with van der Waals surface area (Å²) in [5.74, 6) is 1.01. The molecule has 7 nitrogen and oxygen atoms in total. The molecule has 7 heteroatoms. The van der Waals surface area contributed by atoms with Gasteiger partial charge in [0.15, 0.2) is 0 Å². The molecule has 0 unspecified atom stereocenters. The fraction of sp³-hybridized carbons (Fsp3) is 0.471. The molecular weight excluding hydrogens is 308 g/mol. The van der Waals surface area contributed by atoms with Gasteiger partial charge in [0.25, 0.3) is 0 Å². The molecule has 0 radical (unpaired) electrons. The Morgan fingerprint density at radius 3 is 2.96 bits per heavy atom. The Kier molecular flexibility index (Phi) is 5.10. The molecule has 1 N–H and O–H groups in total. The van der Waals surface area contributed by atoms with E-state index in [0.29, 0.717) is 25.9 Å². The molecule has 2 aromatic rings. The van der Waals surface area contributed by atoms with Crippen molar-refractivity contribution in [1.29, 1.82) is 0 Å². The maximum Gasteiger partial charge on any atom is 0.223 e. The average Bonchev–Trinajstić information content (AvgIpc) is 3.28. The van der Waals surface area contributed by atoms with E-state index >= 15 is 0 Å². The van der Waals surface area contributed by atoms with Crippen LogP contribution in [0.4, 0.5) is 0 Å². The highest BCUT2D eigenvalue weighted by Gasteiger charge is 2.37. The van der Waals surface area contributed by atoms with Gasteiger partial charge in [-0.1, -0.05) is 12.1 Å². The molecule has 0 aliphatic carbocycles. The molecule has 1 fully saturated rings. The van der Waals surface area contributed by atoms with Crippen LogP contribution in [0.2, 0.25) is 0 Å². The molecule has 1 aromatic heterocycles. The summed E-state index contributed by atoms with van der Waals surface area (Å²) in [5.41, 5.74) is 1.93. The van der Waals surface area contributed by atoms with Gasteiger partial charge in [-0.05, 0) is 24.1 Å². The van der Waals surface area contributed by atoms with E-state index in [-0.39, 0.29) is 17.9 Å². The van der Waals surface area contributed by atoms with Gasteiger partial charge >= 0.3 is 0 Å². The Bertz CT molecular complexity index is 674. The van der Waals surface area contributed by atoms with Gasteiger partial charge in [-0.3, -0.25) is 4.79 Å². The predicted octanol–water partition coefficient (Wildman–Crippen LogP) is 1.39. The van der Waals surface area contributed by atoms with Crippen molar-refractivity contribution >= 4 is 5.91 Å². The number of aromatic amines is 1. The van der Waals surface area contributed by atoms with Gasteiger partial charge in [-0.15, -0.1) is 0 Å². The van der Waals surface area contributed by atoms with Crippen LogP contribution < -0.4 is 4.74 Å². The van der Waals surface area contributed by atoms with Gasteiger partial charge in [0, 0.05) is 26.6 Å². The summed E-state index contributed by atoms with van der Waals surface area (Å²) < 4.78 is 10.7. The molecule has 1 saturated heterocycles. The van der Waals surface area contributed by atoms with E-state index in [2.05, 4.69) is 15.4 Å². The summed E-state index contributed by atoms with van der Waals surface area (Å²) in [4.78, 5) is 14.4. The number of H-pyrrole nitrogens is 1. The molecule has 2 heterocycles. The SMILES string of the molecule is COc1cccc(CCC(=O)N2C[C@@H](OC)[C@H](c3cn[nH]n3)C2)c1. The number of methoxy groups -OCH3 is 2. The highest BCUT2D eigenvalue weighted by molar-refractivity contribution is 5.77. The van der Waals surface area contributed by atoms with Crippen molar-refractivity contribution in [2.75, 3.05) is 27.3 Å². The summed E-state index contributed by atoms with van der Waals surface area (Å²) in [6.07, 6.45) is 2.81. The molecule has 3 rings (SSSR count). The minimum absolute atomic E-state index is 0.0455. The van der Waals surface area contributed by atoms with Crippen LogP contribution in [0.1, 0.15) is 23.6 Å². The minimum Gasteiger partial charge on any atom is -0.497 e. The normalized spacial score (nSPS) is 20.3. The zero-order valence-electron chi connectivity index (χ0n) is 13.9. The quantitative estimate of drug-likeness (QED) is 0.866. The number of hydrogen-bond acceptors (Lipinski definition) is 5. The van der Waals surface area contributed by atoms with Crippen LogP contribution in [0.5, 0.6) is 5.75 Å². The van der Waals surface area contributed by atoms with E-state index in [4.69, 9.17) is 9.47 Å². The number of ether oxygens (including phenoxy) is 2. The summed E-state index contributed by atoms with van der Waals surface area (Å²) in [7, 11) is 3.31. The third-order valence-corrected chi connectivity index (χ3v) is 4.50. The number of carbonyl (C=O) groups excluding carboxylic acids is 1. The van der Waals surface area contributed by atoms with Crippen LogP contribution in [0, 0.1) is 0 Å². The highest BCUT2D eigenvalue weighted by atomic mass is 16.5. The number of nitrogens with zero attached hydrogens (tertiary/aromatic N) is 3. The summed E-state index contributed by atoms with van der Waals surface area (Å²) in [6, 6.07) is 7.82. The molecule has 24 heavy (non-hydrogen) atoms. The minimum atomic E-state index is -0.0455. The lowest BCUT2D eigenvalue weighted by Gasteiger charge is -2.16. The van der Waals surface area contributed by atoms with Crippen LogP contribution in [0.25, 0.3) is 0 Å². The number of aromatic nitrogens is 3. The second-order valence-electron chi connectivity index (χ2n) is 5.93. The number of nitrogens with one attached hydrogen (secondary N) is 1. The van der Waals surface area contributed by atoms with Gasteiger partial charge in [-0.2, -0.15) is 15.4 Å². The smallest absolute Gasteiger partial charge is 0.223 e. The highest BCUT2D eigenvalue weighted by Crippen LogP contribution is 2.28. The van der Waals surface area contributed by atoms with E-state index in [0.717, 1.165) is 17.0 Å². The summed E-state index contributed by atoms with van der Waals surface area (Å²) >= 11 is 0. The maximum absolute atomic E-state index is 12.5. The molecule has 1 aliphatic rings. The van der Waals surface area contributed by atoms with Crippen LogP contribution >= 0.6 is 0 Å². The monoisotopic (exact) mass is 330 g/mol. The van der Waals surface area contributed by atoms with Crippen molar-refractivity contribution in [3.05, 3.63) is 41.7 Å². The number of aryl methyl sites for hydroxylation is 1. The predicted molar refractivity (Wildman–Crippen MR) is 87.8 cm³/mol. The number of hydrogen-bond donors (Lipinski definition) is 1. The first-order valence-corrected chi connectivity index (χ1v) is 8.00. The molecule has 128 valence electrons. The number of carbonyl (C=O) groups is 1. The standard InChI is InChI=1S/C17H22N4O3/c1-23-13-5-3-4-12(8-13)6-7-17(22)21-10-14(16(11-21)24-2)15-9-18-20-19-15/h3-5,8-9,14,16H,6-7,10-11H2,1-2H3,(H,18,19,20)/t14-,16+/m0/s1. The van der Waals surface area contributed by atoms with Crippen molar-refractivity contribution in [3.8, 4) is 5.75 Å². The Morgan fingerprint density at radius 1 is 1.38 bits per heavy atom. The molecule has 2 atom stereocenters. The van der Waals surface area contributed by atoms with E-state index in [1.165, 1.54) is 0 Å². The van der Waals surface area contributed by atoms with E-state index < -0.39 is 0 Å². The van der Waals surface area contributed by atoms with E-state index in [1.54, 1.807) is 20.4 Å². The van der Waals surface area contributed by atoms with Gasteiger partial charge in [0.2, 0.25) is 5.91 Å². The molecule has 0 saturated carbocycles. The van der Waals surface area contributed by atoms with Crippen molar-refractivity contribution in [3.63, 3.8) is 0 Å². The third kappa shape index (κ3) is 3.56. The Labute approximate surface area is 141 Å². The van der Waals surface area contributed by atoms with Crippen molar-refractivity contribution < 1.29 is 14.3 Å². The number of likely N-dealkylation sites (tertiary alicyclic amines) is 1. The molecule has 0 bridgehead atoms.